The van der Waals surface area contributed by atoms with E-state index in [9.17, 15) is 14.9 Å². The van der Waals surface area contributed by atoms with Gasteiger partial charge in [-0.1, -0.05) is 18.5 Å². The molecule has 1 aromatic carbocycles. The lowest BCUT2D eigenvalue weighted by atomic mass is 10.1. The number of aromatic nitrogens is 4. The number of anilines is 1. The molecule has 1 amide bonds. The number of nitrogens with one attached hydrogen (secondary N) is 2. The fourth-order valence-corrected chi connectivity index (χ4v) is 2.83. The molecule has 0 spiro atoms. The zero-order valence-corrected chi connectivity index (χ0v) is 15.8. The predicted octanol–water partition coefficient (Wildman–Crippen LogP) is 2.64. The van der Waals surface area contributed by atoms with E-state index < -0.39 is 10.8 Å². The molecule has 0 aliphatic heterocycles. The number of amides is 1. The van der Waals surface area contributed by atoms with Crippen molar-refractivity contribution in [2.75, 3.05) is 18.4 Å². The Labute approximate surface area is 165 Å². The van der Waals surface area contributed by atoms with Gasteiger partial charge in [0.15, 0.2) is 5.65 Å². The second-order valence-electron chi connectivity index (χ2n) is 5.93. The summed E-state index contributed by atoms with van der Waals surface area (Å²) in [6.45, 7) is 3.39. The second-order valence-corrected chi connectivity index (χ2v) is 6.36. The molecule has 0 aliphatic rings. The summed E-state index contributed by atoms with van der Waals surface area (Å²) < 4.78 is 1.64. The zero-order valence-electron chi connectivity index (χ0n) is 15.1. The summed E-state index contributed by atoms with van der Waals surface area (Å²) >= 11 is 5.86. The van der Waals surface area contributed by atoms with Crippen LogP contribution >= 0.6 is 11.6 Å². The Kier molecular flexibility index (Phi) is 5.99. The van der Waals surface area contributed by atoms with E-state index in [-0.39, 0.29) is 22.8 Å². The molecular formula is C17H18ClN7O3. The highest BCUT2D eigenvalue weighted by molar-refractivity contribution is 6.31. The summed E-state index contributed by atoms with van der Waals surface area (Å²) in [5.41, 5.74) is 0.249. The third-order valence-electron chi connectivity index (χ3n) is 3.99. The van der Waals surface area contributed by atoms with Gasteiger partial charge in [-0.2, -0.15) is 5.10 Å². The Morgan fingerprint density at radius 1 is 1.32 bits per heavy atom. The molecule has 2 heterocycles. The van der Waals surface area contributed by atoms with Gasteiger partial charge in [-0.3, -0.25) is 14.9 Å². The smallest absolute Gasteiger partial charge is 0.282 e. The molecule has 0 saturated carbocycles. The highest BCUT2D eigenvalue weighted by Gasteiger charge is 2.20. The molecule has 2 aromatic heterocycles. The first-order valence-corrected chi connectivity index (χ1v) is 9.01. The number of nitro benzene ring substituents is 1. The Morgan fingerprint density at radius 2 is 2.14 bits per heavy atom. The van der Waals surface area contributed by atoms with Gasteiger partial charge >= 0.3 is 0 Å². The van der Waals surface area contributed by atoms with Gasteiger partial charge in [-0.05, 0) is 18.6 Å². The van der Waals surface area contributed by atoms with Crippen LogP contribution in [0.5, 0.6) is 0 Å². The maximum absolute atomic E-state index is 12.3. The molecule has 10 nitrogen and oxygen atoms in total. The Morgan fingerprint density at radius 3 is 2.89 bits per heavy atom. The van der Waals surface area contributed by atoms with E-state index >= 15 is 0 Å². The highest BCUT2D eigenvalue weighted by atomic mass is 35.5. The second kappa shape index (κ2) is 8.61. The first kappa shape index (κ1) is 19.5. The van der Waals surface area contributed by atoms with Crippen molar-refractivity contribution in [1.29, 1.82) is 0 Å². The summed E-state index contributed by atoms with van der Waals surface area (Å²) in [4.78, 5) is 31.3. The minimum atomic E-state index is -0.617. The van der Waals surface area contributed by atoms with Gasteiger partial charge in [0.25, 0.3) is 11.6 Å². The maximum atomic E-state index is 12.3. The average Bonchev–Trinajstić information content (AvgIpc) is 3.09. The first-order chi connectivity index (χ1) is 13.5. The van der Waals surface area contributed by atoms with Gasteiger partial charge in [0, 0.05) is 24.2 Å². The first-order valence-electron chi connectivity index (χ1n) is 8.63. The highest BCUT2D eigenvalue weighted by Crippen LogP contribution is 2.22. The molecule has 146 valence electrons. The molecule has 11 heteroatoms. The standard InChI is InChI=1S/C17H18ClN7O3/c1-2-5-19-15-13-9-23-24(16(13)22-10-21-15)7-6-20-17(26)12-8-11(18)3-4-14(12)25(27)28/h3-4,8-10H,2,5-7H2,1H3,(H,20,26)(H,19,21,22). The third-order valence-corrected chi connectivity index (χ3v) is 4.22. The van der Waals surface area contributed by atoms with Crippen LogP contribution in [0.3, 0.4) is 0 Å². The van der Waals surface area contributed by atoms with E-state index in [2.05, 4.69) is 32.6 Å². The number of fused-ring (bicyclic) bond motifs is 1. The van der Waals surface area contributed by atoms with E-state index in [4.69, 9.17) is 11.6 Å². The lowest BCUT2D eigenvalue weighted by Crippen LogP contribution is -2.28. The molecule has 3 aromatic rings. The van der Waals surface area contributed by atoms with Gasteiger partial charge in [0.2, 0.25) is 0 Å². The maximum Gasteiger partial charge on any atom is 0.282 e. The number of nitrogens with zero attached hydrogens (tertiary/aromatic N) is 5. The van der Waals surface area contributed by atoms with Gasteiger partial charge in [-0.15, -0.1) is 0 Å². The van der Waals surface area contributed by atoms with E-state index in [0.717, 1.165) is 18.4 Å². The Bertz CT molecular complexity index is 1020. The van der Waals surface area contributed by atoms with Gasteiger partial charge in [0.1, 0.15) is 17.7 Å². The molecule has 0 radical (unpaired) electrons. The fraction of sp³-hybridized carbons (Fsp3) is 0.294. The predicted molar refractivity (Wildman–Crippen MR) is 105 cm³/mol. The van der Waals surface area contributed by atoms with Crippen molar-refractivity contribution in [1.82, 2.24) is 25.1 Å². The number of carbonyl (C=O) groups is 1. The van der Waals surface area contributed by atoms with E-state index in [1.807, 2.05) is 0 Å². The van der Waals surface area contributed by atoms with Crippen molar-refractivity contribution in [3.63, 3.8) is 0 Å². The van der Waals surface area contributed by atoms with Crippen molar-refractivity contribution in [3.05, 3.63) is 51.4 Å². The van der Waals surface area contributed by atoms with Crippen LogP contribution in [0.2, 0.25) is 5.02 Å². The third kappa shape index (κ3) is 4.17. The summed E-state index contributed by atoms with van der Waals surface area (Å²) in [6, 6.07) is 3.85. The molecular weight excluding hydrogens is 386 g/mol. The molecule has 0 bridgehead atoms. The number of nitro groups is 1. The average molecular weight is 404 g/mol. The molecule has 2 N–H and O–H groups in total. The summed E-state index contributed by atoms with van der Waals surface area (Å²) in [5.74, 6) is 0.127. The van der Waals surface area contributed by atoms with E-state index in [1.54, 1.807) is 10.9 Å². The van der Waals surface area contributed by atoms with Crippen LogP contribution in [0, 0.1) is 10.1 Å². The van der Waals surface area contributed by atoms with Crippen molar-refractivity contribution >= 4 is 40.0 Å². The van der Waals surface area contributed by atoms with Crippen LogP contribution in [-0.2, 0) is 6.54 Å². The molecule has 0 unspecified atom stereocenters. The van der Waals surface area contributed by atoms with Gasteiger partial charge < -0.3 is 10.6 Å². The fourth-order valence-electron chi connectivity index (χ4n) is 2.66. The van der Waals surface area contributed by atoms with Crippen LogP contribution in [0.15, 0.2) is 30.7 Å². The SMILES string of the molecule is CCCNc1ncnc2c1cnn2CCNC(=O)c1cc(Cl)ccc1[N+](=O)[O-]. The van der Waals surface area contributed by atoms with Crippen LogP contribution < -0.4 is 10.6 Å². The molecule has 0 atom stereocenters. The van der Waals surface area contributed by atoms with Crippen molar-refractivity contribution in [2.24, 2.45) is 0 Å². The lowest BCUT2D eigenvalue weighted by Gasteiger charge is -2.08. The normalized spacial score (nSPS) is 10.8. The summed E-state index contributed by atoms with van der Waals surface area (Å²) in [6.07, 6.45) is 4.07. The Hall–Kier alpha value is -3.27. The van der Waals surface area contributed by atoms with Crippen molar-refractivity contribution in [3.8, 4) is 0 Å². The largest absolute Gasteiger partial charge is 0.369 e. The number of hydrogen-bond acceptors (Lipinski definition) is 7. The summed E-state index contributed by atoms with van der Waals surface area (Å²) in [5, 5.41) is 22.3. The zero-order chi connectivity index (χ0) is 20.1. The minimum Gasteiger partial charge on any atom is -0.369 e. The van der Waals surface area contributed by atoms with Gasteiger partial charge in [-0.25, -0.2) is 14.6 Å². The molecule has 0 fully saturated rings. The number of carbonyl (C=O) groups excluding carboxylic acids is 1. The van der Waals surface area contributed by atoms with E-state index in [1.165, 1.54) is 24.5 Å². The number of benzene rings is 1. The van der Waals surface area contributed by atoms with Crippen LogP contribution in [0.4, 0.5) is 11.5 Å². The lowest BCUT2D eigenvalue weighted by molar-refractivity contribution is -0.385. The van der Waals surface area contributed by atoms with E-state index in [0.29, 0.717) is 18.0 Å². The number of halogens is 1. The summed E-state index contributed by atoms with van der Waals surface area (Å²) in [7, 11) is 0. The molecule has 0 aliphatic carbocycles. The molecule has 3 rings (SSSR count). The van der Waals surface area contributed by atoms with Crippen LogP contribution in [-0.4, -0.2) is 43.7 Å². The topological polar surface area (TPSA) is 128 Å². The number of rotatable bonds is 8. The monoisotopic (exact) mass is 403 g/mol. The molecule has 0 saturated heterocycles. The number of hydrogen-bond donors (Lipinski definition) is 2. The quantitative estimate of drug-likeness (QED) is 0.437. The van der Waals surface area contributed by atoms with Crippen LogP contribution in [0.25, 0.3) is 11.0 Å². The Balaban J connectivity index is 1.70. The van der Waals surface area contributed by atoms with Crippen molar-refractivity contribution in [2.45, 2.75) is 19.9 Å². The molecule has 28 heavy (non-hydrogen) atoms. The van der Waals surface area contributed by atoms with Crippen molar-refractivity contribution < 1.29 is 9.72 Å². The van der Waals surface area contributed by atoms with Crippen LogP contribution in [0.1, 0.15) is 23.7 Å². The minimum absolute atomic E-state index is 0.0869. The van der Waals surface area contributed by atoms with Gasteiger partial charge in [0.05, 0.1) is 23.1 Å².